The van der Waals surface area contributed by atoms with Gasteiger partial charge in [0.15, 0.2) is 0 Å². The van der Waals surface area contributed by atoms with Gasteiger partial charge in [0.25, 0.3) is 0 Å². The number of rotatable bonds is 7. The third-order valence-electron chi connectivity index (χ3n) is 2.66. The molecule has 0 amide bonds. The van der Waals surface area contributed by atoms with Gasteiger partial charge in [0.05, 0.1) is 0 Å². The van der Waals surface area contributed by atoms with Gasteiger partial charge in [0.2, 0.25) is 0 Å². The van der Waals surface area contributed by atoms with E-state index < -0.39 is 12.8 Å². The first-order chi connectivity index (χ1) is 8.92. The van der Waals surface area contributed by atoms with E-state index in [1.165, 1.54) is 0 Å². The third kappa shape index (κ3) is 6.94. The molecule has 6 heteroatoms. The predicted octanol–water partition coefficient (Wildman–Crippen LogP) is 3.57. The smallest absolute Gasteiger partial charge is 0.396 e. The van der Waals surface area contributed by atoms with E-state index in [2.05, 4.69) is 20.7 Å². The quantitative estimate of drug-likeness (QED) is 0.769. The Morgan fingerprint density at radius 2 is 1.95 bits per heavy atom. The Labute approximate surface area is 118 Å². The zero-order valence-corrected chi connectivity index (χ0v) is 11.9. The van der Waals surface area contributed by atoms with Crippen molar-refractivity contribution < 1.29 is 23.0 Å². The van der Waals surface area contributed by atoms with E-state index in [0.717, 1.165) is 10.0 Å². The Hall–Kier alpha value is -0.590. The van der Waals surface area contributed by atoms with Gasteiger partial charge in [-0.3, -0.25) is 0 Å². The molecule has 1 aromatic rings. The summed E-state index contributed by atoms with van der Waals surface area (Å²) in [6.07, 6.45) is -3.29. The number of hydrogen-bond acceptors (Lipinski definition) is 2. The first kappa shape index (κ1) is 16.5. The molecule has 0 spiro atoms. The van der Waals surface area contributed by atoms with Gasteiger partial charge >= 0.3 is 6.18 Å². The van der Waals surface area contributed by atoms with Crippen LogP contribution >= 0.6 is 15.9 Å². The summed E-state index contributed by atoms with van der Waals surface area (Å²) in [5, 5.41) is 9.24. The SMILES string of the molecule is OCC(CCOCC(F)(F)F)Cc1ccccc1Br. The minimum absolute atomic E-state index is 0.00477. The Kier molecular flexibility index (Phi) is 6.82. The van der Waals surface area contributed by atoms with Gasteiger partial charge in [0.1, 0.15) is 6.61 Å². The molecule has 0 aromatic heterocycles. The van der Waals surface area contributed by atoms with Crippen molar-refractivity contribution in [2.24, 2.45) is 5.92 Å². The van der Waals surface area contributed by atoms with Crippen LogP contribution in [0.2, 0.25) is 0 Å². The number of ether oxygens (including phenoxy) is 1. The summed E-state index contributed by atoms with van der Waals surface area (Å²) in [6, 6.07) is 7.58. The molecule has 1 atom stereocenters. The summed E-state index contributed by atoms with van der Waals surface area (Å²) in [6.45, 7) is -1.31. The highest BCUT2D eigenvalue weighted by Crippen LogP contribution is 2.21. The number of aliphatic hydroxyl groups excluding tert-OH is 1. The molecule has 1 N–H and O–H groups in total. The highest BCUT2D eigenvalue weighted by molar-refractivity contribution is 9.10. The number of aliphatic hydroxyl groups is 1. The Morgan fingerprint density at radius 3 is 2.53 bits per heavy atom. The van der Waals surface area contributed by atoms with Crippen molar-refractivity contribution in [1.29, 1.82) is 0 Å². The molecule has 0 heterocycles. The Balaban J connectivity index is 2.36. The maximum Gasteiger partial charge on any atom is 0.411 e. The van der Waals surface area contributed by atoms with Crippen LogP contribution in [-0.4, -0.2) is 31.1 Å². The molecule has 0 fully saturated rings. The van der Waals surface area contributed by atoms with E-state index in [0.29, 0.717) is 12.8 Å². The van der Waals surface area contributed by atoms with Crippen molar-refractivity contribution in [3.05, 3.63) is 34.3 Å². The number of hydrogen-bond donors (Lipinski definition) is 1. The molecule has 0 aliphatic carbocycles. The van der Waals surface area contributed by atoms with Crippen LogP contribution in [0.3, 0.4) is 0 Å². The van der Waals surface area contributed by atoms with Crippen LogP contribution in [0.25, 0.3) is 0 Å². The van der Waals surface area contributed by atoms with Crippen LogP contribution in [0.4, 0.5) is 13.2 Å². The molecule has 0 aliphatic heterocycles. The van der Waals surface area contributed by atoms with E-state index in [1.54, 1.807) is 0 Å². The standard InChI is InChI=1S/C13H16BrF3O2/c14-12-4-2-1-3-11(12)7-10(8-18)5-6-19-9-13(15,16)17/h1-4,10,18H,5-9H2. The van der Waals surface area contributed by atoms with Gasteiger partial charge in [-0.2, -0.15) is 13.2 Å². The van der Waals surface area contributed by atoms with Gasteiger partial charge in [0, 0.05) is 17.7 Å². The number of halogens is 4. The van der Waals surface area contributed by atoms with Crippen LogP contribution in [0, 0.1) is 5.92 Å². The van der Waals surface area contributed by atoms with Crippen LogP contribution < -0.4 is 0 Å². The molecule has 0 saturated heterocycles. The van der Waals surface area contributed by atoms with Crippen molar-refractivity contribution in [2.75, 3.05) is 19.8 Å². The fraction of sp³-hybridized carbons (Fsp3) is 0.538. The van der Waals surface area contributed by atoms with Crippen LogP contribution in [-0.2, 0) is 11.2 Å². The molecular formula is C13H16BrF3O2. The van der Waals surface area contributed by atoms with Crippen molar-refractivity contribution >= 4 is 15.9 Å². The number of benzene rings is 1. The maximum atomic E-state index is 11.9. The predicted molar refractivity (Wildman–Crippen MR) is 69.9 cm³/mol. The monoisotopic (exact) mass is 340 g/mol. The lowest BCUT2D eigenvalue weighted by molar-refractivity contribution is -0.174. The van der Waals surface area contributed by atoms with Crippen LogP contribution in [0.15, 0.2) is 28.7 Å². The Bertz CT molecular complexity index is 382. The molecule has 108 valence electrons. The van der Waals surface area contributed by atoms with Gasteiger partial charge in [-0.05, 0) is 30.4 Å². The van der Waals surface area contributed by atoms with E-state index in [-0.39, 0.29) is 19.1 Å². The summed E-state index contributed by atoms with van der Waals surface area (Å²) in [5.74, 6) is -0.105. The number of alkyl halides is 3. The van der Waals surface area contributed by atoms with Crippen molar-refractivity contribution in [1.82, 2.24) is 0 Å². The summed E-state index contributed by atoms with van der Waals surface area (Å²) in [5.41, 5.74) is 1.03. The van der Waals surface area contributed by atoms with Gasteiger partial charge in [-0.25, -0.2) is 0 Å². The minimum Gasteiger partial charge on any atom is -0.396 e. The maximum absolute atomic E-state index is 11.9. The van der Waals surface area contributed by atoms with Crippen LogP contribution in [0.1, 0.15) is 12.0 Å². The first-order valence-corrected chi connectivity index (χ1v) is 6.70. The summed E-state index contributed by atoms with van der Waals surface area (Å²) < 4.78 is 41.1. The summed E-state index contributed by atoms with van der Waals surface area (Å²) in [7, 11) is 0. The van der Waals surface area contributed by atoms with Gasteiger partial charge < -0.3 is 9.84 Å². The second-order valence-electron chi connectivity index (χ2n) is 4.30. The Morgan fingerprint density at radius 1 is 1.26 bits per heavy atom. The zero-order chi connectivity index (χ0) is 14.3. The van der Waals surface area contributed by atoms with Crippen molar-refractivity contribution in [3.63, 3.8) is 0 Å². The molecule has 1 aromatic carbocycles. The topological polar surface area (TPSA) is 29.5 Å². The van der Waals surface area contributed by atoms with E-state index in [1.807, 2.05) is 24.3 Å². The molecule has 1 rings (SSSR count). The average molecular weight is 341 g/mol. The molecule has 2 nitrogen and oxygen atoms in total. The molecule has 0 bridgehead atoms. The van der Waals surface area contributed by atoms with Gasteiger partial charge in [-0.1, -0.05) is 34.1 Å². The minimum atomic E-state index is -4.29. The summed E-state index contributed by atoms with van der Waals surface area (Å²) >= 11 is 3.40. The fourth-order valence-corrected chi connectivity index (χ4v) is 2.12. The molecule has 0 saturated carbocycles. The van der Waals surface area contributed by atoms with Crippen molar-refractivity contribution in [3.8, 4) is 0 Å². The lowest BCUT2D eigenvalue weighted by atomic mass is 9.97. The third-order valence-corrected chi connectivity index (χ3v) is 3.43. The largest absolute Gasteiger partial charge is 0.411 e. The van der Waals surface area contributed by atoms with Crippen LogP contribution in [0.5, 0.6) is 0 Å². The summed E-state index contributed by atoms with van der Waals surface area (Å²) in [4.78, 5) is 0. The molecular weight excluding hydrogens is 325 g/mol. The lowest BCUT2D eigenvalue weighted by Crippen LogP contribution is -2.19. The molecule has 0 aliphatic rings. The molecule has 0 radical (unpaired) electrons. The first-order valence-electron chi connectivity index (χ1n) is 5.91. The van der Waals surface area contributed by atoms with Crippen molar-refractivity contribution in [2.45, 2.75) is 19.0 Å². The van der Waals surface area contributed by atoms with E-state index in [4.69, 9.17) is 0 Å². The average Bonchev–Trinajstić information content (AvgIpc) is 2.34. The zero-order valence-electron chi connectivity index (χ0n) is 10.3. The highest BCUT2D eigenvalue weighted by Gasteiger charge is 2.27. The second kappa shape index (κ2) is 7.87. The fourth-order valence-electron chi connectivity index (χ4n) is 1.67. The second-order valence-corrected chi connectivity index (χ2v) is 5.15. The van der Waals surface area contributed by atoms with E-state index in [9.17, 15) is 18.3 Å². The highest BCUT2D eigenvalue weighted by atomic mass is 79.9. The molecule has 19 heavy (non-hydrogen) atoms. The normalized spacial score (nSPS) is 13.5. The molecule has 1 unspecified atom stereocenters. The van der Waals surface area contributed by atoms with E-state index >= 15 is 0 Å². The van der Waals surface area contributed by atoms with Gasteiger partial charge in [-0.15, -0.1) is 0 Å². The lowest BCUT2D eigenvalue weighted by Gasteiger charge is -2.15.